The number of aromatic nitrogens is 2. The number of nitrogens with zero attached hydrogens (tertiary/aromatic N) is 2. The van der Waals surface area contributed by atoms with Gasteiger partial charge in [-0.1, -0.05) is 0 Å². The summed E-state index contributed by atoms with van der Waals surface area (Å²) in [7, 11) is 0. The second kappa shape index (κ2) is 2.82. The van der Waals surface area contributed by atoms with Crippen molar-refractivity contribution in [2.24, 2.45) is 5.73 Å². The van der Waals surface area contributed by atoms with Crippen LogP contribution in [0.4, 0.5) is 0 Å². The van der Waals surface area contributed by atoms with E-state index in [9.17, 15) is 4.79 Å². The van der Waals surface area contributed by atoms with Crippen molar-refractivity contribution in [1.82, 2.24) is 9.97 Å². The Balaban J connectivity index is 2.68. The number of hydrogen-bond donors (Lipinski definition) is 1. The summed E-state index contributed by atoms with van der Waals surface area (Å²) >= 11 is 0. The zero-order valence-corrected chi connectivity index (χ0v) is 6.77. The third-order valence-electron chi connectivity index (χ3n) is 1.80. The molecule has 2 rings (SSSR count). The Morgan fingerprint density at radius 3 is 2.85 bits per heavy atom. The molecule has 0 aromatic carbocycles. The van der Waals surface area contributed by atoms with Gasteiger partial charge in [-0.15, -0.1) is 0 Å². The van der Waals surface area contributed by atoms with Crippen molar-refractivity contribution in [2.45, 2.75) is 0 Å². The minimum absolute atomic E-state index is 0.299. The van der Waals surface area contributed by atoms with E-state index in [1.54, 1.807) is 30.7 Å². The van der Waals surface area contributed by atoms with Crippen LogP contribution in [0.2, 0.25) is 0 Å². The highest BCUT2D eigenvalue weighted by molar-refractivity contribution is 5.98. The van der Waals surface area contributed by atoms with E-state index in [0.29, 0.717) is 5.69 Å². The van der Waals surface area contributed by atoms with E-state index >= 15 is 0 Å². The summed E-state index contributed by atoms with van der Waals surface area (Å²) in [5.74, 6) is -0.513. The highest BCUT2D eigenvalue weighted by atomic mass is 16.1. The van der Waals surface area contributed by atoms with Gasteiger partial charge >= 0.3 is 0 Å². The molecule has 0 bridgehead atoms. The molecule has 1 amide bonds. The molecule has 2 aliphatic heterocycles. The average molecular weight is 173 g/mol. The van der Waals surface area contributed by atoms with Crippen molar-refractivity contribution < 1.29 is 4.79 Å². The van der Waals surface area contributed by atoms with E-state index < -0.39 is 5.91 Å². The van der Waals surface area contributed by atoms with E-state index in [0.717, 1.165) is 11.1 Å². The molecule has 0 aliphatic carbocycles. The van der Waals surface area contributed by atoms with Crippen LogP contribution in [0.5, 0.6) is 0 Å². The predicted molar refractivity (Wildman–Crippen MR) is 47.2 cm³/mol. The molecule has 64 valence electrons. The van der Waals surface area contributed by atoms with E-state index in [2.05, 4.69) is 9.97 Å². The van der Waals surface area contributed by atoms with E-state index in [4.69, 9.17) is 5.73 Å². The molecule has 4 heteroatoms. The highest BCUT2D eigenvalue weighted by Crippen LogP contribution is 2.22. The molecule has 2 N–H and O–H groups in total. The molecule has 0 spiro atoms. The zero-order valence-electron chi connectivity index (χ0n) is 6.77. The Morgan fingerprint density at radius 1 is 1.31 bits per heavy atom. The largest absolute Gasteiger partial charge is 0.364 e. The summed E-state index contributed by atoms with van der Waals surface area (Å²) in [6.45, 7) is 0. The minimum atomic E-state index is -0.513. The van der Waals surface area contributed by atoms with Crippen molar-refractivity contribution in [3.63, 3.8) is 0 Å². The van der Waals surface area contributed by atoms with Gasteiger partial charge in [0.2, 0.25) is 0 Å². The Bertz CT molecular complexity index is 427. The predicted octanol–water partition coefficient (Wildman–Crippen LogP) is 0.680. The minimum Gasteiger partial charge on any atom is -0.364 e. The molecule has 13 heavy (non-hydrogen) atoms. The standard InChI is InChI=1S/C9H7N3O/c10-9(13)8-7-2-4-11-3-1-6(7)5-12-8/h1-5H,(H2,10,13). The number of carbonyl (C=O) groups is 1. The summed E-state index contributed by atoms with van der Waals surface area (Å²) in [5, 5.41) is 0. The van der Waals surface area contributed by atoms with Crippen LogP contribution in [0.25, 0.3) is 11.1 Å². The van der Waals surface area contributed by atoms with Gasteiger partial charge in [-0.05, 0) is 12.1 Å². The molecule has 0 saturated carbocycles. The van der Waals surface area contributed by atoms with Crippen LogP contribution in [0.15, 0.2) is 30.7 Å². The highest BCUT2D eigenvalue weighted by Gasteiger charge is 2.13. The van der Waals surface area contributed by atoms with Gasteiger partial charge in [-0.2, -0.15) is 0 Å². The maximum atomic E-state index is 10.9. The van der Waals surface area contributed by atoms with Crippen LogP contribution >= 0.6 is 0 Å². The number of carbonyl (C=O) groups excluding carboxylic acids is 1. The zero-order chi connectivity index (χ0) is 9.26. The van der Waals surface area contributed by atoms with Crippen molar-refractivity contribution in [3.8, 4) is 11.1 Å². The van der Waals surface area contributed by atoms with Crippen LogP contribution in [-0.4, -0.2) is 15.9 Å². The fraction of sp³-hybridized carbons (Fsp3) is 0. The lowest BCUT2D eigenvalue weighted by atomic mass is 10.1. The summed E-state index contributed by atoms with van der Waals surface area (Å²) in [4.78, 5) is 18.8. The summed E-state index contributed by atoms with van der Waals surface area (Å²) in [5.41, 5.74) is 7.05. The fourth-order valence-corrected chi connectivity index (χ4v) is 1.20. The molecule has 2 aliphatic rings. The topological polar surface area (TPSA) is 68.9 Å². The van der Waals surface area contributed by atoms with Gasteiger partial charge in [0.25, 0.3) is 5.91 Å². The molecule has 0 aromatic heterocycles. The Hall–Kier alpha value is -1.97. The van der Waals surface area contributed by atoms with Gasteiger partial charge < -0.3 is 5.73 Å². The molecule has 4 nitrogen and oxygen atoms in total. The van der Waals surface area contributed by atoms with Gasteiger partial charge in [0.05, 0.1) is 0 Å². The third kappa shape index (κ3) is 1.22. The van der Waals surface area contributed by atoms with Crippen molar-refractivity contribution in [1.29, 1.82) is 0 Å². The van der Waals surface area contributed by atoms with Crippen molar-refractivity contribution in [3.05, 3.63) is 36.4 Å². The Morgan fingerprint density at radius 2 is 2.08 bits per heavy atom. The SMILES string of the molecule is NC(=O)c1ncc2ccnccc1-2. The van der Waals surface area contributed by atoms with Gasteiger partial charge in [-0.25, -0.2) is 4.98 Å². The quantitative estimate of drug-likeness (QED) is 0.689. The van der Waals surface area contributed by atoms with Crippen molar-refractivity contribution >= 4 is 5.91 Å². The molecule has 2 heterocycles. The normalized spacial score (nSPS) is 10.2. The number of fused-ring (bicyclic) bond motifs is 1. The first-order chi connectivity index (χ1) is 6.29. The lowest BCUT2D eigenvalue weighted by molar-refractivity contribution is 0.0997. The van der Waals surface area contributed by atoms with Crippen LogP contribution in [0, 0.1) is 0 Å². The lowest BCUT2D eigenvalue weighted by Crippen LogP contribution is -2.11. The Kier molecular flexibility index (Phi) is 1.66. The van der Waals surface area contributed by atoms with Gasteiger partial charge in [-0.3, -0.25) is 9.78 Å². The maximum absolute atomic E-state index is 10.9. The summed E-state index contributed by atoms with van der Waals surface area (Å²) in [6, 6.07) is 3.51. The lowest BCUT2D eigenvalue weighted by Gasteiger charge is -1.91. The number of primary amides is 1. The molecule has 0 saturated heterocycles. The Labute approximate surface area is 74.8 Å². The average Bonchev–Trinajstić information content (AvgIpc) is 2.36. The van der Waals surface area contributed by atoms with Crippen LogP contribution in [-0.2, 0) is 0 Å². The summed E-state index contributed by atoms with van der Waals surface area (Å²) in [6.07, 6.45) is 4.86. The number of rotatable bonds is 1. The molecule has 0 fully saturated rings. The van der Waals surface area contributed by atoms with Crippen LogP contribution < -0.4 is 5.73 Å². The first-order valence-corrected chi connectivity index (χ1v) is 3.77. The van der Waals surface area contributed by atoms with Gasteiger partial charge in [0.15, 0.2) is 0 Å². The number of nitrogens with two attached hydrogens (primary N) is 1. The molecule has 0 aromatic rings. The molecule has 0 atom stereocenters. The fourth-order valence-electron chi connectivity index (χ4n) is 1.20. The monoisotopic (exact) mass is 173 g/mol. The molecule has 0 unspecified atom stereocenters. The first-order valence-electron chi connectivity index (χ1n) is 3.77. The third-order valence-corrected chi connectivity index (χ3v) is 1.80. The molecular weight excluding hydrogens is 166 g/mol. The van der Waals surface area contributed by atoms with E-state index in [1.807, 2.05) is 0 Å². The van der Waals surface area contributed by atoms with Crippen LogP contribution in [0.3, 0.4) is 0 Å². The smallest absolute Gasteiger partial charge is 0.267 e. The second-order valence-electron chi connectivity index (χ2n) is 2.62. The summed E-state index contributed by atoms with van der Waals surface area (Å²) < 4.78 is 0. The molecular formula is C9H7N3O. The number of hydrogen-bond acceptors (Lipinski definition) is 3. The van der Waals surface area contributed by atoms with E-state index in [1.165, 1.54) is 0 Å². The van der Waals surface area contributed by atoms with Gasteiger partial charge in [0, 0.05) is 29.7 Å². The van der Waals surface area contributed by atoms with Gasteiger partial charge in [0.1, 0.15) is 5.69 Å². The van der Waals surface area contributed by atoms with Crippen molar-refractivity contribution in [2.75, 3.05) is 0 Å². The molecule has 0 radical (unpaired) electrons. The maximum Gasteiger partial charge on any atom is 0.267 e. The van der Waals surface area contributed by atoms with E-state index in [-0.39, 0.29) is 0 Å². The second-order valence-corrected chi connectivity index (χ2v) is 2.62. The van der Waals surface area contributed by atoms with Crippen LogP contribution in [0.1, 0.15) is 10.5 Å². The number of amides is 1. The first kappa shape index (κ1) is 7.67.